The molecule has 1 fully saturated rings. The van der Waals surface area contributed by atoms with E-state index in [9.17, 15) is 4.79 Å². The highest BCUT2D eigenvalue weighted by atomic mass is 16.1. The molecule has 6 nitrogen and oxygen atoms in total. The fourth-order valence-electron chi connectivity index (χ4n) is 2.07. The van der Waals surface area contributed by atoms with Gasteiger partial charge in [0, 0.05) is 32.2 Å². The SMILES string of the molecule is CNC(=O)c1ccc(N2CC(C)NCC2C)nn1. The van der Waals surface area contributed by atoms with Crippen LogP contribution < -0.4 is 15.5 Å². The second-order valence-electron chi connectivity index (χ2n) is 4.67. The Morgan fingerprint density at radius 3 is 2.83 bits per heavy atom. The van der Waals surface area contributed by atoms with Gasteiger partial charge in [-0.05, 0) is 26.0 Å². The smallest absolute Gasteiger partial charge is 0.271 e. The molecule has 2 N–H and O–H groups in total. The highest BCUT2D eigenvalue weighted by molar-refractivity contribution is 5.91. The van der Waals surface area contributed by atoms with E-state index in [1.54, 1.807) is 13.1 Å². The van der Waals surface area contributed by atoms with Gasteiger partial charge in [0.15, 0.2) is 11.5 Å². The monoisotopic (exact) mass is 249 g/mol. The Morgan fingerprint density at radius 1 is 1.44 bits per heavy atom. The number of carbonyl (C=O) groups is 1. The molecule has 1 aromatic heterocycles. The van der Waals surface area contributed by atoms with Crippen molar-refractivity contribution in [2.45, 2.75) is 25.9 Å². The van der Waals surface area contributed by atoms with Crippen molar-refractivity contribution < 1.29 is 4.79 Å². The molecule has 2 heterocycles. The summed E-state index contributed by atoms with van der Waals surface area (Å²) in [6.07, 6.45) is 0. The molecule has 0 aliphatic carbocycles. The lowest BCUT2D eigenvalue weighted by Gasteiger charge is -2.38. The third-order valence-electron chi connectivity index (χ3n) is 3.17. The Morgan fingerprint density at radius 2 is 2.22 bits per heavy atom. The summed E-state index contributed by atoms with van der Waals surface area (Å²) in [5.74, 6) is 0.610. The van der Waals surface area contributed by atoms with Gasteiger partial charge in [0.2, 0.25) is 0 Å². The van der Waals surface area contributed by atoms with Crippen molar-refractivity contribution >= 4 is 11.7 Å². The number of amides is 1. The number of nitrogens with one attached hydrogen (secondary N) is 2. The van der Waals surface area contributed by atoms with Gasteiger partial charge in [-0.15, -0.1) is 10.2 Å². The summed E-state index contributed by atoms with van der Waals surface area (Å²) in [4.78, 5) is 13.6. The van der Waals surface area contributed by atoms with Gasteiger partial charge >= 0.3 is 0 Å². The molecule has 1 aliphatic heterocycles. The minimum absolute atomic E-state index is 0.212. The number of nitrogens with zero attached hydrogens (tertiary/aromatic N) is 3. The number of hydrogen-bond acceptors (Lipinski definition) is 5. The van der Waals surface area contributed by atoms with Crippen molar-refractivity contribution in [2.75, 3.05) is 25.0 Å². The first-order chi connectivity index (χ1) is 8.61. The van der Waals surface area contributed by atoms with Crippen molar-refractivity contribution in [1.29, 1.82) is 0 Å². The van der Waals surface area contributed by atoms with E-state index in [2.05, 4.69) is 39.6 Å². The van der Waals surface area contributed by atoms with Crippen LogP contribution in [0, 0.1) is 0 Å². The molecule has 1 aromatic rings. The highest BCUT2D eigenvalue weighted by Gasteiger charge is 2.23. The summed E-state index contributed by atoms with van der Waals surface area (Å²) in [5, 5.41) is 14.1. The van der Waals surface area contributed by atoms with Gasteiger partial charge in [0.1, 0.15) is 0 Å². The molecule has 2 rings (SSSR count). The molecular weight excluding hydrogens is 230 g/mol. The molecule has 0 radical (unpaired) electrons. The predicted molar refractivity (Wildman–Crippen MR) is 69.7 cm³/mol. The molecule has 2 atom stereocenters. The van der Waals surface area contributed by atoms with E-state index in [4.69, 9.17) is 0 Å². The maximum atomic E-state index is 11.4. The summed E-state index contributed by atoms with van der Waals surface area (Å²) >= 11 is 0. The van der Waals surface area contributed by atoms with E-state index in [1.165, 1.54) is 0 Å². The fraction of sp³-hybridized carbons (Fsp3) is 0.583. The van der Waals surface area contributed by atoms with Crippen LogP contribution in [0.3, 0.4) is 0 Å². The number of aromatic nitrogens is 2. The normalized spacial score (nSPS) is 23.8. The summed E-state index contributed by atoms with van der Waals surface area (Å²) in [6, 6.07) is 4.37. The van der Waals surface area contributed by atoms with Crippen molar-refractivity contribution in [1.82, 2.24) is 20.8 Å². The first-order valence-electron chi connectivity index (χ1n) is 6.17. The third-order valence-corrected chi connectivity index (χ3v) is 3.17. The van der Waals surface area contributed by atoms with Crippen molar-refractivity contribution in [2.24, 2.45) is 0 Å². The summed E-state index contributed by atoms with van der Waals surface area (Å²) in [7, 11) is 1.58. The minimum atomic E-state index is -0.212. The second kappa shape index (κ2) is 5.30. The molecule has 1 amide bonds. The van der Waals surface area contributed by atoms with Gasteiger partial charge in [-0.1, -0.05) is 0 Å². The Labute approximate surface area is 107 Å². The Balaban J connectivity index is 2.15. The summed E-state index contributed by atoms with van der Waals surface area (Å²) < 4.78 is 0. The van der Waals surface area contributed by atoms with E-state index < -0.39 is 0 Å². The molecule has 0 bridgehead atoms. The molecule has 98 valence electrons. The van der Waals surface area contributed by atoms with Crippen LogP contribution in [-0.2, 0) is 0 Å². The van der Waals surface area contributed by atoms with Crippen LogP contribution in [-0.4, -0.2) is 48.3 Å². The maximum Gasteiger partial charge on any atom is 0.271 e. The predicted octanol–water partition coefficient (Wildman–Crippen LogP) is 0.0228. The zero-order chi connectivity index (χ0) is 13.1. The van der Waals surface area contributed by atoms with Crippen LogP contribution in [0.1, 0.15) is 24.3 Å². The number of rotatable bonds is 2. The number of carbonyl (C=O) groups excluding carboxylic acids is 1. The Bertz CT molecular complexity index is 419. The number of anilines is 1. The molecule has 6 heteroatoms. The van der Waals surface area contributed by atoms with Crippen LogP contribution in [0.4, 0.5) is 5.82 Å². The zero-order valence-corrected chi connectivity index (χ0v) is 11.0. The average Bonchev–Trinajstić information content (AvgIpc) is 2.41. The number of hydrogen-bond donors (Lipinski definition) is 2. The standard InChI is InChI=1S/C12H19N5O/c1-8-7-17(9(2)6-14-8)11-5-4-10(15-16-11)12(18)13-3/h4-5,8-9,14H,6-7H2,1-3H3,(H,13,18). The molecule has 18 heavy (non-hydrogen) atoms. The lowest BCUT2D eigenvalue weighted by molar-refractivity contribution is 0.0957. The molecule has 1 saturated heterocycles. The van der Waals surface area contributed by atoms with E-state index in [-0.39, 0.29) is 5.91 Å². The van der Waals surface area contributed by atoms with E-state index in [1.807, 2.05) is 6.07 Å². The minimum Gasteiger partial charge on any atom is -0.354 e. The van der Waals surface area contributed by atoms with Gasteiger partial charge in [-0.25, -0.2) is 0 Å². The molecule has 1 aliphatic rings. The van der Waals surface area contributed by atoms with Crippen molar-refractivity contribution in [3.8, 4) is 0 Å². The largest absolute Gasteiger partial charge is 0.354 e. The fourth-order valence-corrected chi connectivity index (χ4v) is 2.07. The summed E-state index contributed by atoms with van der Waals surface area (Å²) in [5.41, 5.74) is 0.345. The molecule has 2 unspecified atom stereocenters. The number of piperazine rings is 1. The molecule has 0 spiro atoms. The highest BCUT2D eigenvalue weighted by Crippen LogP contribution is 2.16. The van der Waals surface area contributed by atoms with Gasteiger partial charge in [-0.2, -0.15) is 0 Å². The van der Waals surface area contributed by atoms with E-state index in [0.29, 0.717) is 17.8 Å². The third kappa shape index (κ3) is 2.59. The lowest BCUT2D eigenvalue weighted by Crippen LogP contribution is -2.54. The van der Waals surface area contributed by atoms with Gasteiger partial charge in [-0.3, -0.25) is 4.79 Å². The molecule has 0 saturated carbocycles. The summed E-state index contributed by atoms with van der Waals surface area (Å²) in [6.45, 7) is 6.12. The maximum absolute atomic E-state index is 11.4. The van der Waals surface area contributed by atoms with Crippen LogP contribution >= 0.6 is 0 Å². The van der Waals surface area contributed by atoms with Crippen LogP contribution in [0.25, 0.3) is 0 Å². The topological polar surface area (TPSA) is 70.2 Å². The first kappa shape index (κ1) is 12.8. The zero-order valence-electron chi connectivity index (χ0n) is 11.0. The Kier molecular flexibility index (Phi) is 3.76. The quantitative estimate of drug-likeness (QED) is 0.773. The first-order valence-corrected chi connectivity index (χ1v) is 6.17. The molecule has 0 aromatic carbocycles. The van der Waals surface area contributed by atoms with Gasteiger partial charge in [0.25, 0.3) is 5.91 Å². The van der Waals surface area contributed by atoms with Gasteiger partial charge in [0.05, 0.1) is 0 Å². The van der Waals surface area contributed by atoms with Crippen LogP contribution in [0.15, 0.2) is 12.1 Å². The van der Waals surface area contributed by atoms with E-state index >= 15 is 0 Å². The van der Waals surface area contributed by atoms with Crippen LogP contribution in [0.5, 0.6) is 0 Å². The van der Waals surface area contributed by atoms with E-state index in [0.717, 1.165) is 18.9 Å². The van der Waals surface area contributed by atoms with Gasteiger partial charge < -0.3 is 15.5 Å². The Hall–Kier alpha value is -1.69. The average molecular weight is 249 g/mol. The van der Waals surface area contributed by atoms with Crippen molar-refractivity contribution in [3.63, 3.8) is 0 Å². The lowest BCUT2D eigenvalue weighted by atomic mass is 10.1. The van der Waals surface area contributed by atoms with Crippen LogP contribution in [0.2, 0.25) is 0 Å². The molecular formula is C12H19N5O. The second-order valence-corrected chi connectivity index (χ2v) is 4.67. The van der Waals surface area contributed by atoms with Crippen molar-refractivity contribution in [3.05, 3.63) is 17.8 Å².